The van der Waals surface area contributed by atoms with Crippen LogP contribution in [0.2, 0.25) is 0 Å². The number of carbonyl (C=O) groups excluding carboxylic acids is 3. The molecular weight excluding hydrogens is 439 g/mol. The minimum absolute atomic E-state index is 0.140. The Morgan fingerprint density at radius 3 is 1.94 bits per heavy atom. The zero-order chi connectivity index (χ0) is 23.0. The summed E-state index contributed by atoms with van der Waals surface area (Å²) in [6.07, 6.45) is -4.63. The predicted octanol–water partition coefficient (Wildman–Crippen LogP) is 1.62. The molecule has 0 fully saturated rings. The summed E-state index contributed by atoms with van der Waals surface area (Å²) < 4.78 is 64.5. The lowest BCUT2D eigenvalue weighted by atomic mass is 10.1. The molecule has 0 unspecified atom stereocenters. The highest BCUT2D eigenvalue weighted by Gasteiger charge is 2.37. The summed E-state index contributed by atoms with van der Waals surface area (Å²) in [5.41, 5.74) is 4.17. The van der Waals surface area contributed by atoms with Gasteiger partial charge in [0.15, 0.2) is 0 Å². The van der Waals surface area contributed by atoms with Crippen LogP contribution in [0.1, 0.15) is 26.3 Å². The number of amides is 3. The normalized spacial score (nSPS) is 14.0. The summed E-state index contributed by atoms with van der Waals surface area (Å²) in [5, 5.41) is 0. The van der Waals surface area contributed by atoms with Crippen molar-refractivity contribution in [3.63, 3.8) is 0 Å². The highest BCUT2D eigenvalue weighted by molar-refractivity contribution is 7.92. The third kappa shape index (κ3) is 4.53. The van der Waals surface area contributed by atoms with Crippen molar-refractivity contribution in [1.29, 1.82) is 0 Å². The second kappa shape index (κ2) is 8.02. The first-order valence-corrected chi connectivity index (χ1v) is 10.4. The zero-order valence-corrected chi connectivity index (χ0v) is 16.6. The SMILES string of the molecule is NC(=O)CN(c1ccc(C(F)(F)F)cc1)S(=O)(=O)CCN1C(=O)c2ccccc2C1=O. The van der Waals surface area contributed by atoms with Gasteiger partial charge in [-0.1, -0.05) is 12.1 Å². The molecule has 164 valence electrons. The number of alkyl halides is 3. The van der Waals surface area contributed by atoms with Crippen molar-refractivity contribution in [2.45, 2.75) is 6.18 Å². The number of carbonyl (C=O) groups is 3. The molecule has 3 amide bonds. The Kier molecular flexibility index (Phi) is 5.77. The van der Waals surface area contributed by atoms with Gasteiger partial charge in [0.1, 0.15) is 6.54 Å². The second-order valence-electron chi connectivity index (χ2n) is 6.64. The molecular formula is C19H16F3N3O5S. The van der Waals surface area contributed by atoms with Crippen LogP contribution in [0.3, 0.4) is 0 Å². The van der Waals surface area contributed by atoms with E-state index in [1.165, 1.54) is 12.1 Å². The van der Waals surface area contributed by atoms with Crippen molar-refractivity contribution in [3.8, 4) is 0 Å². The standard InChI is InChI=1S/C19H16F3N3O5S/c20-19(21,22)12-5-7-13(8-6-12)25(11-16(23)26)31(29,30)10-9-24-17(27)14-3-1-2-4-15(14)18(24)28/h1-8H,9-11H2,(H2,23,26). The lowest BCUT2D eigenvalue weighted by Crippen LogP contribution is -2.43. The van der Waals surface area contributed by atoms with E-state index >= 15 is 0 Å². The zero-order valence-electron chi connectivity index (χ0n) is 15.8. The van der Waals surface area contributed by atoms with Gasteiger partial charge < -0.3 is 5.73 Å². The van der Waals surface area contributed by atoms with Crippen molar-refractivity contribution in [2.75, 3.05) is 23.1 Å². The Morgan fingerprint density at radius 2 is 1.48 bits per heavy atom. The summed E-state index contributed by atoms with van der Waals surface area (Å²) in [5.74, 6) is -3.12. The maximum absolute atomic E-state index is 12.8. The van der Waals surface area contributed by atoms with Crippen LogP contribution in [0.5, 0.6) is 0 Å². The monoisotopic (exact) mass is 455 g/mol. The number of fused-ring (bicyclic) bond motifs is 1. The quantitative estimate of drug-likeness (QED) is 0.637. The van der Waals surface area contributed by atoms with E-state index in [-0.39, 0.29) is 16.8 Å². The molecule has 8 nitrogen and oxygen atoms in total. The third-order valence-electron chi connectivity index (χ3n) is 4.57. The lowest BCUT2D eigenvalue weighted by molar-refractivity contribution is -0.137. The van der Waals surface area contributed by atoms with Crippen LogP contribution in [0.15, 0.2) is 48.5 Å². The van der Waals surface area contributed by atoms with E-state index in [9.17, 15) is 36.0 Å². The van der Waals surface area contributed by atoms with E-state index in [4.69, 9.17) is 5.73 Å². The van der Waals surface area contributed by atoms with Gasteiger partial charge in [-0.25, -0.2) is 8.42 Å². The minimum atomic E-state index is -4.63. The number of halogens is 3. The van der Waals surface area contributed by atoms with Crippen LogP contribution >= 0.6 is 0 Å². The van der Waals surface area contributed by atoms with E-state index < -0.39 is 58.3 Å². The van der Waals surface area contributed by atoms with Crippen molar-refractivity contribution >= 4 is 33.4 Å². The molecule has 0 spiro atoms. The number of benzene rings is 2. The summed E-state index contributed by atoms with van der Waals surface area (Å²) in [7, 11) is -4.34. The molecule has 1 heterocycles. The maximum atomic E-state index is 12.8. The van der Waals surface area contributed by atoms with Gasteiger partial charge in [-0.05, 0) is 36.4 Å². The number of nitrogens with zero attached hydrogens (tertiary/aromatic N) is 2. The van der Waals surface area contributed by atoms with Crippen LogP contribution in [-0.4, -0.2) is 49.9 Å². The van der Waals surface area contributed by atoms with Crippen LogP contribution < -0.4 is 10.0 Å². The van der Waals surface area contributed by atoms with E-state index in [0.717, 1.165) is 17.0 Å². The molecule has 1 aliphatic rings. The second-order valence-corrected chi connectivity index (χ2v) is 8.65. The van der Waals surface area contributed by atoms with Gasteiger partial charge in [-0.2, -0.15) is 13.2 Å². The average molecular weight is 455 g/mol. The first kappa shape index (κ1) is 22.3. The van der Waals surface area contributed by atoms with Crippen LogP contribution in [0, 0.1) is 0 Å². The first-order chi connectivity index (χ1) is 14.4. The topological polar surface area (TPSA) is 118 Å². The van der Waals surface area contributed by atoms with Gasteiger partial charge in [0.2, 0.25) is 15.9 Å². The van der Waals surface area contributed by atoms with Crippen LogP contribution in [0.4, 0.5) is 18.9 Å². The Balaban J connectivity index is 1.83. The van der Waals surface area contributed by atoms with Crippen LogP contribution in [0.25, 0.3) is 0 Å². The number of hydrogen-bond acceptors (Lipinski definition) is 5. The van der Waals surface area contributed by atoms with Gasteiger partial charge in [-0.3, -0.25) is 23.6 Å². The lowest BCUT2D eigenvalue weighted by Gasteiger charge is -2.24. The van der Waals surface area contributed by atoms with Crippen molar-refractivity contribution in [1.82, 2.24) is 4.90 Å². The molecule has 0 bridgehead atoms. The fourth-order valence-electron chi connectivity index (χ4n) is 3.07. The minimum Gasteiger partial charge on any atom is -0.368 e. The van der Waals surface area contributed by atoms with E-state index in [0.29, 0.717) is 16.4 Å². The number of hydrogen-bond donors (Lipinski definition) is 1. The molecule has 2 N–H and O–H groups in total. The molecule has 31 heavy (non-hydrogen) atoms. The van der Waals surface area contributed by atoms with Gasteiger partial charge in [0.05, 0.1) is 28.1 Å². The Bertz CT molecular complexity index is 1110. The summed E-state index contributed by atoms with van der Waals surface area (Å²) in [6.45, 7) is -1.33. The average Bonchev–Trinajstić information content (AvgIpc) is 2.94. The van der Waals surface area contributed by atoms with Gasteiger partial charge >= 0.3 is 6.18 Å². The molecule has 0 aromatic heterocycles. The largest absolute Gasteiger partial charge is 0.416 e. The predicted molar refractivity (Wildman–Crippen MR) is 104 cm³/mol. The Hall–Kier alpha value is -3.41. The molecule has 0 radical (unpaired) electrons. The fourth-order valence-corrected chi connectivity index (χ4v) is 4.47. The summed E-state index contributed by atoms with van der Waals surface area (Å²) >= 11 is 0. The number of primary amides is 1. The number of nitrogens with two attached hydrogens (primary N) is 1. The van der Waals surface area contributed by atoms with E-state index in [1.807, 2.05) is 0 Å². The molecule has 3 rings (SSSR count). The molecule has 1 aliphatic heterocycles. The Labute approximate surface area is 175 Å². The highest BCUT2D eigenvalue weighted by atomic mass is 32.2. The summed E-state index contributed by atoms with van der Waals surface area (Å²) in [6, 6.07) is 9.12. The van der Waals surface area contributed by atoms with Crippen molar-refractivity contribution in [3.05, 3.63) is 65.2 Å². The molecule has 2 aromatic carbocycles. The van der Waals surface area contributed by atoms with E-state index in [2.05, 4.69) is 0 Å². The van der Waals surface area contributed by atoms with E-state index in [1.54, 1.807) is 12.1 Å². The summed E-state index contributed by atoms with van der Waals surface area (Å²) in [4.78, 5) is 36.9. The smallest absolute Gasteiger partial charge is 0.368 e. The molecule has 12 heteroatoms. The van der Waals surface area contributed by atoms with Crippen molar-refractivity contribution in [2.24, 2.45) is 5.73 Å². The van der Waals surface area contributed by atoms with Crippen molar-refractivity contribution < 1.29 is 36.0 Å². The van der Waals surface area contributed by atoms with Crippen LogP contribution in [-0.2, 0) is 21.0 Å². The highest BCUT2D eigenvalue weighted by Crippen LogP contribution is 2.31. The molecule has 0 saturated carbocycles. The molecule has 2 aromatic rings. The van der Waals surface area contributed by atoms with Gasteiger partial charge in [-0.15, -0.1) is 0 Å². The first-order valence-electron chi connectivity index (χ1n) is 8.83. The molecule has 0 atom stereocenters. The number of rotatable bonds is 7. The van der Waals surface area contributed by atoms with Gasteiger partial charge in [0.25, 0.3) is 11.8 Å². The maximum Gasteiger partial charge on any atom is 0.416 e. The number of anilines is 1. The fraction of sp³-hybridized carbons (Fsp3) is 0.211. The van der Waals surface area contributed by atoms with Gasteiger partial charge in [0, 0.05) is 6.54 Å². The molecule has 0 aliphatic carbocycles. The Morgan fingerprint density at radius 1 is 0.968 bits per heavy atom. The third-order valence-corrected chi connectivity index (χ3v) is 6.28. The molecule has 0 saturated heterocycles. The number of sulfonamides is 1. The number of imide groups is 1.